The Hall–Kier alpha value is -0.760. The molecule has 0 rings (SSSR count). The summed E-state index contributed by atoms with van der Waals surface area (Å²) in [5.41, 5.74) is 0. The fourth-order valence-electron chi connectivity index (χ4n) is 0.574. The Balaban J connectivity index is 4.37. The van der Waals surface area contributed by atoms with Crippen LogP contribution in [0.15, 0.2) is 0 Å². The molecule has 0 unspecified atom stereocenters. The molecule has 0 fully saturated rings. The summed E-state index contributed by atoms with van der Waals surface area (Å²) >= 11 is 0. The van der Waals surface area contributed by atoms with E-state index in [1.165, 1.54) is 0 Å². The number of carboxylic acid groups (broad SMARTS) is 1. The Labute approximate surface area is 74.0 Å². The van der Waals surface area contributed by atoms with Crippen LogP contribution in [0.25, 0.3) is 0 Å². The third kappa shape index (κ3) is 4.73. The minimum Gasteiger partial charge on any atom is -0.480 e. The van der Waals surface area contributed by atoms with Crippen molar-refractivity contribution in [1.29, 1.82) is 0 Å². The first-order chi connectivity index (χ1) is 5.75. The number of hydrogen-bond donors (Lipinski definition) is 1. The van der Waals surface area contributed by atoms with Gasteiger partial charge in [-0.1, -0.05) is 0 Å². The molecule has 13 heavy (non-hydrogen) atoms. The predicted octanol–water partition coefficient (Wildman–Crippen LogP) is -0.402. The molecule has 0 saturated carbocycles. The maximum absolute atomic E-state index is 11.7. The zero-order valence-electron chi connectivity index (χ0n) is 6.77. The van der Waals surface area contributed by atoms with Gasteiger partial charge in [-0.05, 0) is 0 Å². The summed E-state index contributed by atoms with van der Waals surface area (Å²) in [4.78, 5) is 10.0. The number of carboxylic acids is 1. The normalized spacial score (nSPS) is 12.4. The zero-order chi connectivity index (χ0) is 10.6. The van der Waals surface area contributed by atoms with E-state index in [9.17, 15) is 22.0 Å². The first-order valence-corrected chi connectivity index (χ1v) is 4.80. The highest BCUT2D eigenvalue weighted by Gasteiger charge is 2.23. The van der Waals surface area contributed by atoms with E-state index >= 15 is 0 Å². The summed E-state index contributed by atoms with van der Waals surface area (Å²) in [5, 5.41) is 8.14. The van der Waals surface area contributed by atoms with Crippen LogP contribution in [-0.4, -0.2) is 49.6 Å². The van der Waals surface area contributed by atoms with Crippen LogP contribution in [0.5, 0.6) is 0 Å². The number of hydrogen-bond acceptors (Lipinski definition) is 3. The molecule has 0 bridgehead atoms. The van der Waals surface area contributed by atoms with E-state index in [0.29, 0.717) is 4.31 Å². The van der Waals surface area contributed by atoms with Crippen LogP contribution in [0.3, 0.4) is 0 Å². The molecule has 0 atom stereocenters. The maximum Gasteiger partial charge on any atom is 0.320 e. The van der Waals surface area contributed by atoms with Gasteiger partial charge in [0, 0.05) is 7.05 Å². The fraction of sp³-hybridized carbons (Fsp3) is 0.800. The number of carbonyl (C=O) groups is 1. The molecule has 78 valence electrons. The Bertz CT molecular complexity index is 276. The molecule has 0 aromatic heterocycles. The van der Waals surface area contributed by atoms with E-state index in [1.807, 2.05) is 0 Å². The van der Waals surface area contributed by atoms with E-state index in [1.54, 1.807) is 0 Å². The minimum atomic E-state index is -4.10. The molecule has 0 aliphatic rings. The first-order valence-electron chi connectivity index (χ1n) is 3.19. The van der Waals surface area contributed by atoms with Gasteiger partial charge in [0.05, 0.1) is 6.54 Å². The SMILES string of the molecule is CN(CC(F)F)S(=O)(=O)CC(=O)O. The summed E-state index contributed by atoms with van der Waals surface area (Å²) in [6.45, 7) is -0.990. The summed E-state index contributed by atoms with van der Waals surface area (Å²) < 4.78 is 45.5. The molecule has 5 nitrogen and oxygen atoms in total. The largest absolute Gasteiger partial charge is 0.480 e. The molecule has 0 aliphatic carbocycles. The van der Waals surface area contributed by atoms with E-state index in [0.717, 1.165) is 7.05 Å². The molecule has 0 saturated heterocycles. The summed E-state index contributed by atoms with van der Waals surface area (Å²) in [7, 11) is -3.19. The van der Waals surface area contributed by atoms with Crippen LogP contribution in [0, 0.1) is 0 Å². The number of halogens is 2. The monoisotopic (exact) mass is 217 g/mol. The lowest BCUT2D eigenvalue weighted by Gasteiger charge is -2.14. The minimum absolute atomic E-state index is 0.325. The van der Waals surface area contributed by atoms with Crippen LogP contribution in [0.2, 0.25) is 0 Å². The van der Waals surface area contributed by atoms with E-state index in [-0.39, 0.29) is 0 Å². The van der Waals surface area contributed by atoms with Crippen LogP contribution in [0.4, 0.5) is 8.78 Å². The highest BCUT2D eigenvalue weighted by Crippen LogP contribution is 2.02. The van der Waals surface area contributed by atoms with Gasteiger partial charge in [-0.3, -0.25) is 4.79 Å². The average molecular weight is 217 g/mol. The molecule has 0 aliphatic heterocycles. The summed E-state index contributed by atoms with van der Waals surface area (Å²) in [6, 6.07) is 0. The fourth-order valence-corrected chi connectivity index (χ4v) is 1.45. The topological polar surface area (TPSA) is 74.7 Å². The lowest BCUT2D eigenvalue weighted by Crippen LogP contribution is -2.35. The van der Waals surface area contributed by atoms with Gasteiger partial charge in [0.25, 0.3) is 6.43 Å². The van der Waals surface area contributed by atoms with Gasteiger partial charge in [0.2, 0.25) is 10.0 Å². The molecule has 0 amide bonds. The van der Waals surface area contributed by atoms with Crippen molar-refractivity contribution in [3.05, 3.63) is 0 Å². The van der Waals surface area contributed by atoms with Crippen LogP contribution < -0.4 is 0 Å². The van der Waals surface area contributed by atoms with Crippen molar-refractivity contribution in [3.8, 4) is 0 Å². The van der Waals surface area contributed by atoms with Gasteiger partial charge >= 0.3 is 5.97 Å². The second kappa shape index (κ2) is 4.47. The lowest BCUT2D eigenvalue weighted by atomic mass is 10.7. The Kier molecular flexibility index (Phi) is 4.21. The smallest absolute Gasteiger partial charge is 0.320 e. The standard InChI is InChI=1S/C5H9F2NO4S/c1-8(2-4(6)7)13(11,12)3-5(9)10/h4H,2-3H2,1H3,(H,9,10). The van der Waals surface area contributed by atoms with Gasteiger partial charge in [0.15, 0.2) is 5.75 Å². The highest BCUT2D eigenvalue weighted by atomic mass is 32.2. The Morgan fingerprint density at radius 2 is 2.00 bits per heavy atom. The Morgan fingerprint density at radius 1 is 1.54 bits per heavy atom. The Morgan fingerprint density at radius 3 is 2.31 bits per heavy atom. The van der Waals surface area contributed by atoms with E-state index in [4.69, 9.17) is 5.11 Å². The lowest BCUT2D eigenvalue weighted by molar-refractivity contribution is -0.134. The second-order valence-electron chi connectivity index (χ2n) is 2.32. The number of rotatable bonds is 5. The molecule has 1 N–H and O–H groups in total. The van der Waals surface area contributed by atoms with Crippen LogP contribution in [-0.2, 0) is 14.8 Å². The first kappa shape index (κ1) is 12.2. The average Bonchev–Trinajstić information content (AvgIpc) is 1.81. The third-order valence-electron chi connectivity index (χ3n) is 1.18. The van der Waals surface area contributed by atoms with Crippen LogP contribution in [0.1, 0.15) is 0 Å². The summed E-state index contributed by atoms with van der Waals surface area (Å²) in [6.07, 6.45) is -2.81. The van der Waals surface area contributed by atoms with Crippen molar-refractivity contribution in [3.63, 3.8) is 0 Å². The molecule has 0 aromatic rings. The van der Waals surface area contributed by atoms with Crippen molar-refractivity contribution in [2.24, 2.45) is 0 Å². The summed E-state index contributed by atoms with van der Waals surface area (Å²) in [5.74, 6) is -2.74. The number of aliphatic carboxylic acids is 1. The van der Waals surface area contributed by atoms with E-state index < -0.39 is 34.7 Å². The van der Waals surface area contributed by atoms with Crippen molar-refractivity contribution in [1.82, 2.24) is 4.31 Å². The van der Waals surface area contributed by atoms with Gasteiger partial charge in [-0.15, -0.1) is 0 Å². The predicted molar refractivity (Wildman–Crippen MR) is 40.1 cm³/mol. The molecular formula is C5H9F2NO4S. The highest BCUT2D eigenvalue weighted by molar-refractivity contribution is 7.89. The molecule has 0 heterocycles. The van der Waals surface area contributed by atoms with Crippen molar-refractivity contribution in [2.75, 3.05) is 19.3 Å². The molecule has 0 radical (unpaired) electrons. The van der Waals surface area contributed by atoms with Gasteiger partial charge in [0.1, 0.15) is 0 Å². The van der Waals surface area contributed by atoms with Crippen molar-refractivity contribution >= 4 is 16.0 Å². The molecule has 8 heteroatoms. The molecule has 0 spiro atoms. The van der Waals surface area contributed by atoms with Crippen molar-refractivity contribution in [2.45, 2.75) is 6.43 Å². The quantitative estimate of drug-likeness (QED) is 0.679. The zero-order valence-corrected chi connectivity index (χ0v) is 7.59. The maximum atomic E-state index is 11.7. The molecule has 0 aromatic carbocycles. The third-order valence-corrected chi connectivity index (χ3v) is 2.89. The van der Waals surface area contributed by atoms with Gasteiger partial charge in [-0.25, -0.2) is 17.2 Å². The molecular weight excluding hydrogens is 208 g/mol. The van der Waals surface area contributed by atoms with Crippen molar-refractivity contribution < 1.29 is 27.1 Å². The number of alkyl halides is 2. The van der Waals surface area contributed by atoms with E-state index in [2.05, 4.69) is 0 Å². The van der Waals surface area contributed by atoms with Gasteiger partial charge in [-0.2, -0.15) is 4.31 Å². The number of sulfonamides is 1. The second-order valence-corrected chi connectivity index (χ2v) is 4.40. The van der Waals surface area contributed by atoms with Crippen LogP contribution >= 0.6 is 0 Å². The van der Waals surface area contributed by atoms with Gasteiger partial charge < -0.3 is 5.11 Å². The number of nitrogens with zero attached hydrogens (tertiary/aromatic N) is 1.